The molecular formula is C14H15N3O6S. The zero-order valence-electron chi connectivity index (χ0n) is 12.6. The maximum Gasteiger partial charge on any atom is 0.433 e. The standard InChI is InChI=1S/C14H15N3O6S/c1-2-11(9-4-3-5-10(8-9)24(15,21)22)16-14(18)12-6-7-13(23-12)17(19)20/h3-8,11H,2H2,1H3,(H,16,18)(H2,15,21,22)/t11-/m1/s1. The normalized spacial score (nSPS) is 12.6. The van der Waals surface area contributed by atoms with Gasteiger partial charge in [-0.05, 0) is 30.2 Å². The lowest BCUT2D eigenvalue weighted by Gasteiger charge is -2.17. The van der Waals surface area contributed by atoms with E-state index in [0.29, 0.717) is 12.0 Å². The Hall–Kier alpha value is -2.72. The van der Waals surface area contributed by atoms with Crippen molar-refractivity contribution in [1.29, 1.82) is 0 Å². The van der Waals surface area contributed by atoms with Gasteiger partial charge in [0.2, 0.25) is 10.0 Å². The molecule has 0 saturated carbocycles. The lowest BCUT2D eigenvalue weighted by molar-refractivity contribution is -0.402. The Balaban J connectivity index is 2.22. The van der Waals surface area contributed by atoms with E-state index < -0.39 is 32.8 Å². The third kappa shape index (κ3) is 3.97. The minimum absolute atomic E-state index is 0.0682. The van der Waals surface area contributed by atoms with Crippen LogP contribution < -0.4 is 10.5 Å². The molecule has 0 spiro atoms. The van der Waals surface area contributed by atoms with Gasteiger partial charge in [-0.3, -0.25) is 14.9 Å². The summed E-state index contributed by atoms with van der Waals surface area (Å²) in [4.78, 5) is 21.9. The smallest absolute Gasteiger partial charge is 0.395 e. The molecular weight excluding hydrogens is 338 g/mol. The number of nitrogens with zero attached hydrogens (tertiary/aromatic N) is 1. The molecule has 9 nitrogen and oxygen atoms in total. The number of benzene rings is 1. The van der Waals surface area contributed by atoms with Gasteiger partial charge in [-0.25, -0.2) is 13.6 Å². The summed E-state index contributed by atoms with van der Waals surface area (Å²) < 4.78 is 27.7. The van der Waals surface area contributed by atoms with Gasteiger partial charge in [0.25, 0.3) is 5.91 Å². The van der Waals surface area contributed by atoms with Crippen LogP contribution in [0.2, 0.25) is 0 Å². The summed E-state index contributed by atoms with van der Waals surface area (Å²) in [6.07, 6.45) is 0.461. The van der Waals surface area contributed by atoms with Gasteiger partial charge in [0.1, 0.15) is 4.92 Å². The van der Waals surface area contributed by atoms with Crippen LogP contribution in [0.25, 0.3) is 0 Å². The molecule has 24 heavy (non-hydrogen) atoms. The van der Waals surface area contributed by atoms with Gasteiger partial charge in [0.05, 0.1) is 17.0 Å². The highest BCUT2D eigenvalue weighted by atomic mass is 32.2. The lowest BCUT2D eigenvalue weighted by Crippen LogP contribution is -2.28. The predicted octanol–water partition coefficient (Wildman–Crippen LogP) is 1.72. The number of nitrogens with two attached hydrogens (primary N) is 1. The summed E-state index contributed by atoms with van der Waals surface area (Å²) in [7, 11) is -3.86. The highest BCUT2D eigenvalue weighted by Crippen LogP contribution is 2.21. The molecule has 10 heteroatoms. The molecule has 1 aromatic heterocycles. The largest absolute Gasteiger partial charge is 0.433 e. The summed E-state index contributed by atoms with van der Waals surface area (Å²) in [5.74, 6) is -1.39. The van der Waals surface area contributed by atoms with Gasteiger partial charge in [0.15, 0.2) is 5.76 Å². The number of sulfonamides is 1. The number of amides is 1. The van der Waals surface area contributed by atoms with Crippen LogP contribution >= 0.6 is 0 Å². The number of hydrogen-bond acceptors (Lipinski definition) is 6. The van der Waals surface area contributed by atoms with E-state index in [1.165, 1.54) is 24.3 Å². The Morgan fingerprint density at radius 2 is 2.08 bits per heavy atom. The zero-order valence-corrected chi connectivity index (χ0v) is 13.4. The van der Waals surface area contributed by atoms with E-state index >= 15 is 0 Å². The number of primary sulfonamides is 1. The first-order valence-corrected chi connectivity index (χ1v) is 8.45. The van der Waals surface area contributed by atoms with Gasteiger partial charge in [-0.2, -0.15) is 0 Å². The van der Waals surface area contributed by atoms with E-state index in [2.05, 4.69) is 5.32 Å². The predicted molar refractivity (Wildman–Crippen MR) is 83.7 cm³/mol. The minimum Gasteiger partial charge on any atom is -0.395 e. The topological polar surface area (TPSA) is 146 Å². The number of nitro groups is 1. The van der Waals surface area contributed by atoms with Crippen LogP contribution in [-0.2, 0) is 10.0 Å². The number of furan rings is 1. The van der Waals surface area contributed by atoms with E-state index in [4.69, 9.17) is 9.56 Å². The average molecular weight is 353 g/mol. The van der Waals surface area contributed by atoms with Gasteiger partial charge in [-0.1, -0.05) is 19.1 Å². The maximum atomic E-state index is 12.1. The SMILES string of the molecule is CC[C@@H](NC(=O)c1ccc([N+](=O)[O-])o1)c1cccc(S(N)(=O)=O)c1. The first-order valence-electron chi connectivity index (χ1n) is 6.90. The van der Waals surface area contributed by atoms with E-state index in [0.717, 1.165) is 6.07 Å². The Kier molecular flexibility index (Phi) is 5.00. The highest BCUT2D eigenvalue weighted by molar-refractivity contribution is 7.89. The van der Waals surface area contributed by atoms with E-state index in [1.54, 1.807) is 13.0 Å². The minimum atomic E-state index is -3.86. The Morgan fingerprint density at radius 3 is 2.62 bits per heavy atom. The average Bonchev–Trinajstić information content (AvgIpc) is 3.02. The Labute approximate surface area is 137 Å². The van der Waals surface area contributed by atoms with Crippen LogP contribution in [-0.4, -0.2) is 19.2 Å². The number of rotatable bonds is 6. The van der Waals surface area contributed by atoms with E-state index in [1.807, 2.05) is 0 Å². The monoisotopic (exact) mass is 353 g/mol. The number of hydrogen-bond donors (Lipinski definition) is 2. The summed E-state index contributed by atoms with van der Waals surface area (Å²) in [6, 6.07) is 7.65. The second kappa shape index (κ2) is 6.81. The molecule has 0 fully saturated rings. The first kappa shape index (κ1) is 17.6. The van der Waals surface area contributed by atoms with Crippen LogP contribution in [0.1, 0.15) is 35.5 Å². The fraction of sp³-hybridized carbons (Fsp3) is 0.214. The Morgan fingerprint density at radius 1 is 1.38 bits per heavy atom. The van der Waals surface area contributed by atoms with Crippen molar-refractivity contribution in [2.24, 2.45) is 5.14 Å². The first-order chi connectivity index (χ1) is 11.2. The van der Waals surface area contributed by atoms with Crippen molar-refractivity contribution in [3.8, 4) is 0 Å². The fourth-order valence-electron chi connectivity index (χ4n) is 2.11. The molecule has 1 atom stereocenters. The molecule has 0 radical (unpaired) electrons. The van der Waals surface area contributed by atoms with Crippen LogP contribution in [0.5, 0.6) is 0 Å². The van der Waals surface area contributed by atoms with Crippen molar-refractivity contribution in [2.45, 2.75) is 24.3 Å². The summed E-state index contributed by atoms with van der Waals surface area (Å²) >= 11 is 0. The molecule has 2 rings (SSSR count). The quantitative estimate of drug-likeness (QED) is 0.597. The molecule has 0 aliphatic carbocycles. The van der Waals surface area contributed by atoms with Crippen LogP contribution in [0.3, 0.4) is 0 Å². The van der Waals surface area contributed by atoms with E-state index in [9.17, 15) is 23.3 Å². The third-order valence-corrected chi connectivity index (χ3v) is 4.21. The van der Waals surface area contributed by atoms with Crippen molar-refractivity contribution < 1.29 is 22.6 Å². The molecule has 0 saturated heterocycles. The molecule has 3 N–H and O–H groups in total. The maximum absolute atomic E-state index is 12.1. The van der Waals surface area contributed by atoms with Crippen molar-refractivity contribution >= 4 is 21.8 Å². The van der Waals surface area contributed by atoms with Gasteiger partial charge < -0.3 is 9.73 Å². The van der Waals surface area contributed by atoms with Crippen molar-refractivity contribution in [3.05, 3.63) is 57.8 Å². The summed E-state index contributed by atoms with van der Waals surface area (Å²) in [5.41, 5.74) is 0.540. The highest BCUT2D eigenvalue weighted by Gasteiger charge is 2.21. The number of nitrogens with one attached hydrogen (secondary N) is 1. The second-order valence-electron chi connectivity index (χ2n) is 4.95. The van der Waals surface area contributed by atoms with Crippen molar-refractivity contribution in [2.75, 3.05) is 0 Å². The Bertz CT molecular complexity index is 874. The van der Waals surface area contributed by atoms with Gasteiger partial charge in [0, 0.05) is 0 Å². The summed E-state index contributed by atoms with van der Waals surface area (Å²) in [5, 5.41) is 18.3. The van der Waals surface area contributed by atoms with Crippen molar-refractivity contribution in [1.82, 2.24) is 5.32 Å². The molecule has 1 amide bonds. The van der Waals surface area contributed by atoms with E-state index in [-0.39, 0.29) is 10.7 Å². The molecule has 0 aliphatic rings. The number of carbonyl (C=O) groups is 1. The third-order valence-electron chi connectivity index (χ3n) is 3.30. The molecule has 2 aromatic rings. The molecule has 0 aliphatic heterocycles. The lowest BCUT2D eigenvalue weighted by atomic mass is 10.0. The fourth-order valence-corrected chi connectivity index (χ4v) is 2.68. The van der Waals surface area contributed by atoms with Gasteiger partial charge >= 0.3 is 5.88 Å². The van der Waals surface area contributed by atoms with Gasteiger partial charge in [-0.15, -0.1) is 0 Å². The molecule has 1 aromatic carbocycles. The van der Waals surface area contributed by atoms with Crippen LogP contribution in [0, 0.1) is 10.1 Å². The molecule has 128 valence electrons. The molecule has 1 heterocycles. The zero-order chi connectivity index (χ0) is 17.9. The van der Waals surface area contributed by atoms with Crippen molar-refractivity contribution in [3.63, 3.8) is 0 Å². The summed E-state index contributed by atoms with van der Waals surface area (Å²) in [6.45, 7) is 1.79. The van der Waals surface area contributed by atoms with Crippen LogP contribution in [0.15, 0.2) is 45.7 Å². The van der Waals surface area contributed by atoms with Crippen LogP contribution in [0.4, 0.5) is 5.88 Å². The molecule has 0 unspecified atom stereocenters. The molecule has 0 bridgehead atoms. The number of carbonyl (C=O) groups excluding carboxylic acids is 1. The second-order valence-corrected chi connectivity index (χ2v) is 6.51.